The van der Waals surface area contributed by atoms with Crippen molar-refractivity contribution >= 4 is 23.2 Å². The molecule has 3 heterocycles. The summed E-state index contributed by atoms with van der Waals surface area (Å²) < 4.78 is 48.6. The van der Waals surface area contributed by atoms with E-state index in [1.165, 1.54) is 17.4 Å². The van der Waals surface area contributed by atoms with Gasteiger partial charge in [0.2, 0.25) is 0 Å². The van der Waals surface area contributed by atoms with Crippen LogP contribution in [0.25, 0.3) is 0 Å². The first kappa shape index (κ1) is 23.8. The third kappa shape index (κ3) is 4.18. The highest BCUT2D eigenvalue weighted by Crippen LogP contribution is 2.46. The van der Waals surface area contributed by atoms with Gasteiger partial charge in [-0.2, -0.15) is 0 Å². The molecule has 1 aromatic carbocycles. The molecule has 0 amide bonds. The van der Waals surface area contributed by atoms with Crippen molar-refractivity contribution in [2.75, 3.05) is 43.6 Å². The minimum Gasteiger partial charge on any atom is -0.493 e. The molecule has 4 N–H and O–H groups in total. The van der Waals surface area contributed by atoms with Gasteiger partial charge >= 0.3 is 0 Å². The van der Waals surface area contributed by atoms with Crippen molar-refractivity contribution in [3.05, 3.63) is 39.9 Å². The van der Waals surface area contributed by atoms with E-state index < -0.39 is 24.3 Å². The molecule has 2 aliphatic heterocycles. The number of benzene rings is 1. The highest BCUT2D eigenvalue weighted by atomic mass is 35.5. The summed E-state index contributed by atoms with van der Waals surface area (Å²) in [6, 6.07) is -0.524. The van der Waals surface area contributed by atoms with Crippen LogP contribution in [0.4, 0.5) is 24.8 Å². The molecule has 0 radical (unpaired) electrons. The molecule has 12 heteroatoms. The van der Waals surface area contributed by atoms with E-state index in [4.69, 9.17) is 27.2 Å². The van der Waals surface area contributed by atoms with Crippen molar-refractivity contribution in [2.45, 2.75) is 38.3 Å². The number of ether oxygens (including phenoxy) is 1. The average molecular weight is 487 g/mol. The van der Waals surface area contributed by atoms with E-state index in [-0.39, 0.29) is 41.4 Å². The van der Waals surface area contributed by atoms with E-state index in [9.17, 15) is 8.78 Å². The molecule has 2 aliphatic rings. The maximum atomic E-state index is 15.2. The standard InChI is InChI=1S/C21H26ClF3N6O2/c1-3-33-18-12(6-13(22)16(23)14(18)11-7-30(8-11)4-5-32)10(2)31-21-15(17(29-31)19(24)25)20(26)27-9-28-21/h6,9-11,17,19,29,32H,3-5,7-8H2,1-2H3,(H2,26,27,28). The van der Waals surface area contributed by atoms with Crippen LogP contribution in [-0.4, -0.2) is 59.2 Å². The van der Waals surface area contributed by atoms with Crippen LogP contribution >= 0.6 is 11.6 Å². The first-order valence-electron chi connectivity index (χ1n) is 10.7. The number of rotatable bonds is 8. The highest BCUT2D eigenvalue weighted by molar-refractivity contribution is 6.31. The third-order valence-electron chi connectivity index (χ3n) is 6.11. The zero-order valence-electron chi connectivity index (χ0n) is 18.2. The molecule has 0 aliphatic carbocycles. The lowest BCUT2D eigenvalue weighted by Crippen LogP contribution is -2.46. The van der Waals surface area contributed by atoms with Gasteiger partial charge in [0.1, 0.15) is 29.8 Å². The number of nitrogens with one attached hydrogen (secondary N) is 1. The third-order valence-corrected chi connectivity index (χ3v) is 6.38. The molecule has 1 fully saturated rings. The maximum Gasteiger partial charge on any atom is 0.259 e. The van der Waals surface area contributed by atoms with E-state index in [0.717, 1.165) is 0 Å². The number of aliphatic hydroxyl groups excluding tert-OH is 1. The molecule has 8 nitrogen and oxygen atoms in total. The largest absolute Gasteiger partial charge is 0.493 e. The molecular formula is C21H26ClF3N6O2. The zero-order valence-corrected chi connectivity index (χ0v) is 19.0. The first-order chi connectivity index (χ1) is 15.8. The van der Waals surface area contributed by atoms with Crippen molar-refractivity contribution in [3.63, 3.8) is 0 Å². The van der Waals surface area contributed by atoms with Crippen LogP contribution in [-0.2, 0) is 0 Å². The number of hydrazine groups is 1. The number of likely N-dealkylation sites (tertiary alicyclic amines) is 1. The summed E-state index contributed by atoms with van der Waals surface area (Å²) in [7, 11) is 0. The molecule has 1 aromatic heterocycles. The number of fused-ring (bicyclic) bond motifs is 1. The van der Waals surface area contributed by atoms with Gasteiger partial charge in [0, 0.05) is 36.7 Å². The van der Waals surface area contributed by atoms with Crippen LogP contribution in [0.5, 0.6) is 5.75 Å². The number of nitrogens with zero attached hydrogens (tertiary/aromatic N) is 4. The quantitative estimate of drug-likeness (QED) is 0.523. The number of β-amino-alcohol motifs (C(OH)–C–C–N with tert-alkyl or cyclic N) is 1. The topological polar surface area (TPSA) is 99.8 Å². The van der Waals surface area contributed by atoms with Crippen LogP contribution in [0, 0.1) is 5.82 Å². The van der Waals surface area contributed by atoms with E-state index in [2.05, 4.69) is 15.4 Å². The SMILES string of the molecule is CCOc1c(C(C)N2NC(C(F)F)c3c(N)ncnc32)cc(Cl)c(F)c1C1CN(CCO)C1. The van der Waals surface area contributed by atoms with Gasteiger partial charge in [-0.05, 0) is 19.9 Å². The van der Waals surface area contributed by atoms with Crippen LogP contribution in [0.2, 0.25) is 5.02 Å². The van der Waals surface area contributed by atoms with Crippen LogP contribution < -0.4 is 20.9 Å². The van der Waals surface area contributed by atoms with Crippen LogP contribution in [0.3, 0.4) is 0 Å². The van der Waals surface area contributed by atoms with Gasteiger partial charge in [0.15, 0.2) is 5.82 Å². The van der Waals surface area contributed by atoms with Gasteiger partial charge in [-0.3, -0.25) is 9.91 Å². The van der Waals surface area contributed by atoms with Gasteiger partial charge in [-0.25, -0.2) is 28.6 Å². The Hall–Kier alpha value is -2.34. The number of hydrogen-bond acceptors (Lipinski definition) is 8. The first-order valence-corrected chi connectivity index (χ1v) is 11.1. The number of aromatic nitrogens is 2. The number of aliphatic hydroxyl groups is 1. The van der Waals surface area contributed by atoms with E-state index in [1.807, 2.05) is 4.90 Å². The summed E-state index contributed by atoms with van der Waals surface area (Å²) in [5.74, 6) is -0.201. The van der Waals surface area contributed by atoms with Gasteiger partial charge < -0.3 is 15.6 Å². The predicted molar refractivity (Wildman–Crippen MR) is 118 cm³/mol. The van der Waals surface area contributed by atoms with Crippen molar-refractivity contribution in [1.29, 1.82) is 0 Å². The monoisotopic (exact) mass is 486 g/mol. The fourth-order valence-corrected chi connectivity index (χ4v) is 4.71. The normalized spacial score (nSPS) is 19.6. The zero-order chi connectivity index (χ0) is 23.9. The highest BCUT2D eigenvalue weighted by Gasteiger charge is 2.42. The molecule has 2 unspecified atom stereocenters. The average Bonchev–Trinajstić information content (AvgIpc) is 3.15. The molecule has 4 rings (SSSR count). The molecule has 2 atom stereocenters. The second kappa shape index (κ2) is 9.49. The lowest BCUT2D eigenvalue weighted by atomic mass is 9.87. The van der Waals surface area contributed by atoms with E-state index in [0.29, 0.717) is 36.5 Å². The van der Waals surface area contributed by atoms with Gasteiger partial charge in [0.25, 0.3) is 6.43 Å². The Morgan fingerprint density at radius 2 is 2.06 bits per heavy atom. The fraction of sp³-hybridized carbons (Fsp3) is 0.524. The summed E-state index contributed by atoms with van der Waals surface area (Å²) in [4.78, 5) is 10.0. The molecule has 180 valence electrons. The maximum absolute atomic E-state index is 15.2. The van der Waals surface area contributed by atoms with Gasteiger partial charge in [-0.1, -0.05) is 11.6 Å². The van der Waals surface area contributed by atoms with Crippen molar-refractivity contribution in [1.82, 2.24) is 20.3 Å². The lowest BCUT2D eigenvalue weighted by Gasteiger charge is -2.40. The number of hydrogen-bond donors (Lipinski definition) is 3. The fourth-order valence-electron chi connectivity index (χ4n) is 4.49. The number of halogens is 4. The Labute approximate surface area is 194 Å². The molecule has 2 aromatic rings. The van der Waals surface area contributed by atoms with Gasteiger partial charge in [-0.15, -0.1) is 0 Å². The minimum absolute atomic E-state index is 0.0156. The van der Waals surface area contributed by atoms with Crippen molar-refractivity contribution in [3.8, 4) is 5.75 Å². The summed E-state index contributed by atoms with van der Waals surface area (Å²) in [5, 5.41) is 10.5. The number of nitrogen functional groups attached to an aromatic ring is 1. The molecule has 0 bridgehead atoms. The Morgan fingerprint density at radius 3 is 2.70 bits per heavy atom. The number of anilines is 2. The van der Waals surface area contributed by atoms with E-state index >= 15 is 4.39 Å². The number of alkyl halides is 2. The molecule has 33 heavy (non-hydrogen) atoms. The summed E-state index contributed by atoms with van der Waals surface area (Å²) >= 11 is 6.28. The Kier molecular flexibility index (Phi) is 6.85. The van der Waals surface area contributed by atoms with Gasteiger partial charge in [0.05, 0.1) is 29.8 Å². The minimum atomic E-state index is -2.75. The van der Waals surface area contributed by atoms with Crippen LogP contribution in [0.15, 0.2) is 12.4 Å². The summed E-state index contributed by atoms with van der Waals surface area (Å²) in [6.45, 7) is 5.44. The Bertz CT molecular complexity index is 1020. The smallest absolute Gasteiger partial charge is 0.259 e. The molecule has 1 saturated heterocycles. The second-order valence-corrected chi connectivity index (χ2v) is 8.51. The number of nitrogens with two attached hydrogens (primary N) is 1. The molecule has 0 saturated carbocycles. The summed E-state index contributed by atoms with van der Waals surface area (Å²) in [5.41, 5.74) is 9.65. The summed E-state index contributed by atoms with van der Waals surface area (Å²) in [6.07, 6.45) is -1.54. The Morgan fingerprint density at radius 1 is 1.33 bits per heavy atom. The lowest BCUT2D eigenvalue weighted by molar-refractivity contribution is 0.101. The predicted octanol–water partition coefficient (Wildman–Crippen LogP) is 3.03. The van der Waals surface area contributed by atoms with E-state index in [1.54, 1.807) is 13.8 Å². The second-order valence-electron chi connectivity index (χ2n) is 8.10. The van der Waals surface area contributed by atoms with Crippen molar-refractivity contribution < 1.29 is 23.0 Å². The Balaban J connectivity index is 1.76. The molecule has 0 spiro atoms. The van der Waals surface area contributed by atoms with Crippen molar-refractivity contribution in [2.24, 2.45) is 0 Å². The van der Waals surface area contributed by atoms with Crippen LogP contribution in [0.1, 0.15) is 48.5 Å². The molecular weight excluding hydrogens is 461 g/mol.